The number of aromatic nitrogens is 3. The molecule has 0 aliphatic rings. The van der Waals surface area contributed by atoms with Gasteiger partial charge in [-0.1, -0.05) is 39.7 Å². The van der Waals surface area contributed by atoms with E-state index in [4.69, 9.17) is 11.6 Å². The predicted molar refractivity (Wildman–Crippen MR) is 95.3 cm³/mol. The summed E-state index contributed by atoms with van der Waals surface area (Å²) in [6, 6.07) is 11.1. The minimum absolute atomic E-state index is 0.140. The minimum atomic E-state index is -1.01. The molecule has 0 fully saturated rings. The molecule has 24 heavy (non-hydrogen) atoms. The van der Waals surface area contributed by atoms with E-state index < -0.39 is 5.97 Å². The SMILES string of the molecule is O=C(O)c1cnc(-c2cc(Br)ccn2)n1CCc1ccc(Cl)cc1. The number of halogens is 2. The summed E-state index contributed by atoms with van der Waals surface area (Å²) in [5.74, 6) is -0.484. The fourth-order valence-corrected chi connectivity index (χ4v) is 2.86. The summed E-state index contributed by atoms with van der Waals surface area (Å²) in [5, 5.41) is 10.1. The lowest BCUT2D eigenvalue weighted by Gasteiger charge is -2.10. The van der Waals surface area contributed by atoms with Gasteiger partial charge in [-0.2, -0.15) is 0 Å². The van der Waals surface area contributed by atoms with Crippen LogP contribution in [-0.2, 0) is 13.0 Å². The lowest BCUT2D eigenvalue weighted by molar-refractivity contribution is 0.0685. The van der Waals surface area contributed by atoms with Crippen LogP contribution in [0.5, 0.6) is 0 Å². The predicted octanol–water partition coefficient (Wildman–Crippen LogP) is 4.30. The molecule has 0 radical (unpaired) electrons. The van der Waals surface area contributed by atoms with Crippen molar-refractivity contribution in [3.8, 4) is 11.5 Å². The van der Waals surface area contributed by atoms with Gasteiger partial charge in [-0.25, -0.2) is 9.78 Å². The Morgan fingerprint density at radius 3 is 2.62 bits per heavy atom. The van der Waals surface area contributed by atoms with E-state index in [2.05, 4.69) is 25.9 Å². The Hall–Kier alpha value is -2.18. The Balaban J connectivity index is 1.94. The summed E-state index contributed by atoms with van der Waals surface area (Å²) < 4.78 is 2.53. The van der Waals surface area contributed by atoms with Crippen LogP contribution in [0.3, 0.4) is 0 Å². The van der Waals surface area contributed by atoms with Crippen molar-refractivity contribution in [1.82, 2.24) is 14.5 Å². The van der Waals surface area contributed by atoms with Gasteiger partial charge in [0, 0.05) is 22.2 Å². The summed E-state index contributed by atoms with van der Waals surface area (Å²) in [6.07, 6.45) is 3.68. The van der Waals surface area contributed by atoms with Crippen molar-refractivity contribution in [2.24, 2.45) is 0 Å². The van der Waals surface area contributed by atoms with Crippen LogP contribution in [-0.4, -0.2) is 25.6 Å². The highest BCUT2D eigenvalue weighted by Crippen LogP contribution is 2.22. The van der Waals surface area contributed by atoms with Crippen LogP contribution < -0.4 is 0 Å². The summed E-state index contributed by atoms with van der Waals surface area (Å²) in [4.78, 5) is 20.0. The number of carboxylic acids is 1. The van der Waals surface area contributed by atoms with Gasteiger partial charge in [-0.3, -0.25) is 4.98 Å². The van der Waals surface area contributed by atoms with E-state index in [1.54, 1.807) is 10.8 Å². The van der Waals surface area contributed by atoms with Crippen LogP contribution in [0, 0.1) is 0 Å². The molecule has 7 heteroatoms. The van der Waals surface area contributed by atoms with Crippen molar-refractivity contribution in [1.29, 1.82) is 0 Å². The van der Waals surface area contributed by atoms with E-state index in [9.17, 15) is 9.90 Å². The van der Waals surface area contributed by atoms with Gasteiger partial charge in [0.05, 0.1) is 6.20 Å². The number of aromatic carboxylic acids is 1. The molecule has 2 heterocycles. The van der Waals surface area contributed by atoms with Crippen molar-refractivity contribution < 1.29 is 9.90 Å². The number of benzene rings is 1. The highest BCUT2D eigenvalue weighted by molar-refractivity contribution is 9.10. The summed E-state index contributed by atoms with van der Waals surface area (Å²) in [6.45, 7) is 0.479. The van der Waals surface area contributed by atoms with E-state index >= 15 is 0 Å². The van der Waals surface area contributed by atoms with Gasteiger partial charge in [0.15, 0.2) is 5.82 Å². The third-order valence-electron chi connectivity index (χ3n) is 3.56. The number of carboxylic acid groups (broad SMARTS) is 1. The highest BCUT2D eigenvalue weighted by Gasteiger charge is 2.17. The molecule has 3 rings (SSSR count). The zero-order chi connectivity index (χ0) is 17.1. The molecular formula is C17H13BrClN3O2. The maximum Gasteiger partial charge on any atom is 0.354 e. The van der Waals surface area contributed by atoms with Gasteiger partial charge >= 0.3 is 5.97 Å². The lowest BCUT2D eigenvalue weighted by atomic mass is 10.1. The standard InChI is InChI=1S/C17H13BrClN3O2/c18-12-5-7-20-14(9-12)16-21-10-15(17(23)24)22(16)8-6-11-1-3-13(19)4-2-11/h1-5,7,9-10H,6,8H2,(H,23,24). The number of hydrogen-bond acceptors (Lipinski definition) is 3. The summed E-state index contributed by atoms with van der Waals surface area (Å²) in [5.41, 5.74) is 1.83. The molecule has 5 nitrogen and oxygen atoms in total. The molecule has 2 aromatic heterocycles. The van der Waals surface area contributed by atoms with Gasteiger partial charge < -0.3 is 9.67 Å². The molecule has 1 aromatic carbocycles. The molecule has 0 aliphatic heterocycles. The van der Waals surface area contributed by atoms with Crippen molar-refractivity contribution in [2.75, 3.05) is 0 Å². The van der Waals surface area contributed by atoms with Crippen LogP contribution in [0.25, 0.3) is 11.5 Å². The molecule has 0 atom stereocenters. The number of pyridine rings is 1. The fourth-order valence-electron chi connectivity index (χ4n) is 2.40. The van der Waals surface area contributed by atoms with Gasteiger partial charge in [0.25, 0.3) is 0 Å². The van der Waals surface area contributed by atoms with E-state index in [0.717, 1.165) is 10.0 Å². The van der Waals surface area contributed by atoms with E-state index in [1.807, 2.05) is 36.4 Å². The zero-order valence-corrected chi connectivity index (χ0v) is 14.8. The van der Waals surface area contributed by atoms with Crippen molar-refractivity contribution in [2.45, 2.75) is 13.0 Å². The second kappa shape index (κ2) is 7.15. The van der Waals surface area contributed by atoms with Crippen molar-refractivity contribution in [3.05, 3.63) is 69.5 Å². The first-order chi connectivity index (χ1) is 11.5. The molecule has 0 spiro atoms. The summed E-state index contributed by atoms with van der Waals surface area (Å²) >= 11 is 9.29. The molecule has 0 aliphatic carbocycles. The Morgan fingerprint density at radius 2 is 1.96 bits per heavy atom. The van der Waals surface area contributed by atoms with E-state index in [1.165, 1.54) is 6.20 Å². The third-order valence-corrected chi connectivity index (χ3v) is 4.31. The van der Waals surface area contributed by atoms with Crippen molar-refractivity contribution >= 4 is 33.5 Å². The largest absolute Gasteiger partial charge is 0.477 e. The molecule has 0 bridgehead atoms. The molecule has 1 N–H and O–H groups in total. The zero-order valence-electron chi connectivity index (χ0n) is 12.5. The Labute approximate surface area is 152 Å². The summed E-state index contributed by atoms with van der Waals surface area (Å²) in [7, 11) is 0. The van der Waals surface area contributed by atoms with Gasteiger partial charge in [-0.05, 0) is 36.2 Å². The van der Waals surface area contributed by atoms with Gasteiger partial charge in [0.1, 0.15) is 11.4 Å². The maximum absolute atomic E-state index is 11.5. The van der Waals surface area contributed by atoms with Crippen LogP contribution in [0.2, 0.25) is 5.02 Å². The molecule has 0 unspecified atom stereocenters. The topological polar surface area (TPSA) is 68.0 Å². The smallest absolute Gasteiger partial charge is 0.354 e. The minimum Gasteiger partial charge on any atom is -0.477 e. The number of carbonyl (C=O) groups is 1. The van der Waals surface area contributed by atoms with E-state index in [0.29, 0.717) is 29.5 Å². The molecule has 0 saturated heterocycles. The maximum atomic E-state index is 11.5. The van der Waals surface area contributed by atoms with Crippen LogP contribution in [0.15, 0.2) is 53.3 Å². The Bertz CT molecular complexity index is 878. The normalized spacial score (nSPS) is 10.8. The molecule has 122 valence electrons. The first-order valence-corrected chi connectivity index (χ1v) is 8.37. The quantitative estimate of drug-likeness (QED) is 0.686. The first-order valence-electron chi connectivity index (χ1n) is 7.20. The number of nitrogens with zero attached hydrogens (tertiary/aromatic N) is 3. The van der Waals surface area contributed by atoms with Crippen LogP contribution in [0.1, 0.15) is 16.1 Å². The molecular weight excluding hydrogens is 394 g/mol. The van der Waals surface area contributed by atoms with Crippen molar-refractivity contribution in [3.63, 3.8) is 0 Å². The lowest BCUT2D eigenvalue weighted by Crippen LogP contribution is -2.12. The number of rotatable bonds is 5. The Morgan fingerprint density at radius 1 is 1.21 bits per heavy atom. The molecule has 3 aromatic rings. The third kappa shape index (κ3) is 3.66. The Kier molecular flexibility index (Phi) is 4.97. The number of hydrogen-bond donors (Lipinski definition) is 1. The highest BCUT2D eigenvalue weighted by atomic mass is 79.9. The van der Waals surface area contributed by atoms with Crippen LogP contribution in [0.4, 0.5) is 0 Å². The average molecular weight is 407 g/mol. The first kappa shape index (κ1) is 16.7. The average Bonchev–Trinajstić information content (AvgIpc) is 2.98. The number of imidazole rings is 1. The fraction of sp³-hybridized carbons (Fsp3) is 0.118. The van der Waals surface area contributed by atoms with Gasteiger partial charge in [-0.15, -0.1) is 0 Å². The van der Waals surface area contributed by atoms with Gasteiger partial charge in [0.2, 0.25) is 0 Å². The second-order valence-corrected chi connectivity index (χ2v) is 6.51. The second-order valence-electron chi connectivity index (χ2n) is 5.16. The molecule has 0 amide bonds. The number of aryl methyl sites for hydroxylation is 1. The molecule has 0 saturated carbocycles. The van der Waals surface area contributed by atoms with Crippen LogP contribution >= 0.6 is 27.5 Å². The van der Waals surface area contributed by atoms with E-state index in [-0.39, 0.29) is 5.69 Å². The monoisotopic (exact) mass is 405 g/mol.